The van der Waals surface area contributed by atoms with Gasteiger partial charge in [0.25, 0.3) is 0 Å². The minimum atomic E-state index is -0.101. The molecule has 1 aromatic carbocycles. The first-order valence-electron chi connectivity index (χ1n) is 4.18. The molecule has 1 aromatic rings. The van der Waals surface area contributed by atoms with Crippen molar-refractivity contribution in [2.75, 3.05) is 12.9 Å². The lowest BCUT2D eigenvalue weighted by molar-refractivity contribution is 0.268. The second-order valence-electron chi connectivity index (χ2n) is 2.84. The Labute approximate surface area is 86.2 Å². The van der Waals surface area contributed by atoms with Gasteiger partial charge in [-0.1, -0.05) is 11.8 Å². The van der Waals surface area contributed by atoms with Crippen LogP contribution in [0.2, 0.25) is 0 Å². The molecule has 0 spiro atoms. The van der Waals surface area contributed by atoms with Crippen molar-refractivity contribution in [2.24, 2.45) is 4.99 Å². The van der Waals surface area contributed by atoms with Crippen LogP contribution in [0.4, 0.5) is 4.79 Å². The van der Waals surface area contributed by atoms with Crippen molar-refractivity contribution in [3.63, 3.8) is 0 Å². The van der Waals surface area contributed by atoms with Crippen molar-refractivity contribution in [1.82, 2.24) is 0 Å². The monoisotopic (exact) mass is 207 g/mol. The topological polar surface area (TPSA) is 38.7 Å². The summed E-state index contributed by atoms with van der Waals surface area (Å²) in [7, 11) is 1.63. The SMILES string of the molecule is COc1ccc(C2=NC(=O)SC2)cc1. The van der Waals surface area contributed by atoms with Gasteiger partial charge in [-0.15, -0.1) is 0 Å². The highest BCUT2D eigenvalue weighted by Gasteiger charge is 2.15. The highest BCUT2D eigenvalue weighted by Crippen LogP contribution is 2.20. The molecule has 0 N–H and O–H groups in total. The van der Waals surface area contributed by atoms with E-state index in [2.05, 4.69) is 4.99 Å². The van der Waals surface area contributed by atoms with Gasteiger partial charge in [-0.3, -0.25) is 4.79 Å². The first kappa shape index (κ1) is 9.27. The molecule has 2 rings (SSSR count). The number of aliphatic imine (C=N–C) groups is 1. The predicted molar refractivity (Wildman–Crippen MR) is 57.4 cm³/mol. The van der Waals surface area contributed by atoms with Crippen LogP contribution >= 0.6 is 11.8 Å². The number of carbonyl (C=O) groups excluding carboxylic acids is 1. The Morgan fingerprint density at radius 3 is 2.57 bits per heavy atom. The van der Waals surface area contributed by atoms with Crippen molar-refractivity contribution in [2.45, 2.75) is 0 Å². The van der Waals surface area contributed by atoms with E-state index in [4.69, 9.17) is 4.74 Å². The van der Waals surface area contributed by atoms with Crippen LogP contribution in [0.15, 0.2) is 29.3 Å². The summed E-state index contributed by atoms with van der Waals surface area (Å²) in [4.78, 5) is 14.8. The van der Waals surface area contributed by atoms with Crippen molar-refractivity contribution in [3.8, 4) is 5.75 Å². The fourth-order valence-corrected chi connectivity index (χ4v) is 1.90. The zero-order valence-corrected chi connectivity index (χ0v) is 8.50. The van der Waals surface area contributed by atoms with Crippen LogP contribution in [0.3, 0.4) is 0 Å². The maximum absolute atomic E-state index is 10.9. The number of hydrogen-bond donors (Lipinski definition) is 0. The van der Waals surface area contributed by atoms with Gasteiger partial charge in [-0.2, -0.15) is 0 Å². The third-order valence-electron chi connectivity index (χ3n) is 1.98. The van der Waals surface area contributed by atoms with Gasteiger partial charge >= 0.3 is 5.24 Å². The van der Waals surface area contributed by atoms with E-state index in [1.54, 1.807) is 7.11 Å². The van der Waals surface area contributed by atoms with Crippen molar-refractivity contribution in [3.05, 3.63) is 29.8 Å². The standard InChI is InChI=1S/C10H9NO2S/c1-13-8-4-2-7(3-5-8)9-6-14-10(12)11-9/h2-5H,6H2,1H3. The summed E-state index contributed by atoms with van der Waals surface area (Å²) < 4.78 is 5.04. The largest absolute Gasteiger partial charge is 0.497 e. The average Bonchev–Trinajstić information content (AvgIpc) is 2.65. The molecule has 3 nitrogen and oxygen atoms in total. The average molecular weight is 207 g/mol. The smallest absolute Gasteiger partial charge is 0.305 e. The summed E-state index contributed by atoms with van der Waals surface area (Å²) in [6, 6.07) is 7.56. The lowest BCUT2D eigenvalue weighted by Gasteiger charge is -2.01. The summed E-state index contributed by atoms with van der Waals surface area (Å²) in [6.07, 6.45) is 0. The van der Waals surface area contributed by atoms with Gasteiger partial charge in [0.1, 0.15) is 5.75 Å². The van der Waals surface area contributed by atoms with Gasteiger partial charge in [-0.25, -0.2) is 4.99 Å². The van der Waals surface area contributed by atoms with Gasteiger partial charge in [0.05, 0.1) is 12.8 Å². The molecule has 14 heavy (non-hydrogen) atoms. The number of thioether (sulfide) groups is 1. The molecule has 0 radical (unpaired) electrons. The number of hydrogen-bond acceptors (Lipinski definition) is 3. The minimum Gasteiger partial charge on any atom is -0.497 e. The zero-order chi connectivity index (χ0) is 9.97. The normalized spacial score (nSPS) is 15.5. The third-order valence-corrected chi connectivity index (χ3v) is 2.74. The molecule has 72 valence electrons. The van der Waals surface area contributed by atoms with Crippen LogP contribution in [0.25, 0.3) is 0 Å². The Morgan fingerprint density at radius 1 is 1.36 bits per heavy atom. The van der Waals surface area contributed by atoms with Crippen LogP contribution in [-0.2, 0) is 0 Å². The molecular weight excluding hydrogens is 198 g/mol. The van der Waals surface area contributed by atoms with Crippen molar-refractivity contribution in [1.29, 1.82) is 0 Å². The van der Waals surface area contributed by atoms with E-state index in [0.29, 0.717) is 5.75 Å². The maximum Gasteiger partial charge on any atom is 0.305 e. The molecule has 0 aromatic heterocycles. The first-order chi connectivity index (χ1) is 6.79. The van der Waals surface area contributed by atoms with Gasteiger partial charge in [0.15, 0.2) is 0 Å². The number of ether oxygens (including phenoxy) is 1. The molecule has 0 bridgehead atoms. The molecule has 0 saturated heterocycles. The summed E-state index contributed by atoms with van der Waals surface area (Å²) in [6.45, 7) is 0. The maximum atomic E-state index is 10.9. The van der Waals surface area contributed by atoms with Crippen LogP contribution in [0.5, 0.6) is 5.75 Å². The van der Waals surface area contributed by atoms with Crippen molar-refractivity contribution >= 4 is 22.7 Å². The number of methoxy groups -OCH3 is 1. The van der Waals surface area contributed by atoms with Gasteiger partial charge < -0.3 is 4.74 Å². The number of nitrogens with zero attached hydrogens (tertiary/aromatic N) is 1. The summed E-state index contributed by atoms with van der Waals surface area (Å²) in [5.41, 5.74) is 1.84. The Kier molecular flexibility index (Phi) is 2.54. The third kappa shape index (κ3) is 1.80. The van der Waals surface area contributed by atoms with Crippen LogP contribution in [0, 0.1) is 0 Å². The Bertz CT molecular complexity index is 384. The molecule has 0 atom stereocenters. The summed E-state index contributed by atoms with van der Waals surface area (Å²) in [5, 5.41) is -0.101. The number of rotatable bonds is 2. The molecule has 0 unspecified atom stereocenters. The molecule has 1 heterocycles. The fourth-order valence-electron chi connectivity index (χ4n) is 1.24. The summed E-state index contributed by atoms with van der Waals surface area (Å²) >= 11 is 1.24. The number of benzene rings is 1. The lowest BCUT2D eigenvalue weighted by Crippen LogP contribution is -1.99. The molecule has 4 heteroatoms. The van der Waals surface area contributed by atoms with Crippen LogP contribution in [-0.4, -0.2) is 23.8 Å². The Morgan fingerprint density at radius 2 is 2.07 bits per heavy atom. The second kappa shape index (κ2) is 3.84. The molecule has 0 aliphatic carbocycles. The van der Waals surface area contributed by atoms with Crippen LogP contribution in [0.1, 0.15) is 5.56 Å². The minimum absolute atomic E-state index is 0.101. The number of amides is 1. The molecule has 1 aliphatic heterocycles. The lowest BCUT2D eigenvalue weighted by atomic mass is 10.1. The van der Waals surface area contributed by atoms with Crippen LogP contribution < -0.4 is 4.74 Å². The molecule has 0 fully saturated rings. The Balaban J connectivity index is 2.25. The van der Waals surface area contributed by atoms with E-state index >= 15 is 0 Å². The first-order valence-corrected chi connectivity index (χ1v) is 5.17. The fraction of sp³-hybridized carbons (Fsp3) is 0.200. The van der Waals surface area contributed by atoms with Gasteiger partial charge in [0, 0.05) is 5.75 Å². The second-order valence-corrected chi connectivity index (χ2v) is 3.77. The zero-order valence-electron chi connectivity index (χ0n) is 7.69. The van der Waals surface area contributed by atoms with E-state index in [9.17, 15) is 4.79 Å². The quantitative estimate of drug-likeness (QED) is 0.747. The molecule has 1 aliphatic rings. The van der Waals surface area contributed by atoms with E-state index in [0.717, 1.165) is 17.0 Å². The molecule has 0 saturated carbocycles. The van der Waals surface area contributed by atoms with E-state index < -0.39 is 0 Å². The Hall–Kier alpha value is -1.29. The van der Waals surface area contributed by atoms with Gasteiger partial charge in [0.2, 0.25) is 0 Å². The van der Waals surface area contributed by atoms with Crippen molar-refractivity contribution < 1.29 is 9.53 Å². The predicted octanol–water partition coefficient (Wildman–Crippen LogP) is 2.35. The van der Waals surface area contributed by atoms with E-state index in [1.807, 2.05) is 24.3 Å². The molecular formula is C10H9NO2S. The van der Waals surface area contributed by atoms with E-state index in [-0.39, 0.29) is 5.24 Å². The highest BCUT2D eigenvalue weighted by atomic mass is 32.2. The summed E-state index contributed by atoms with van der Waals surface area (Å²) in [5.74, 6) is 1.48. The highest BCUT2D eigenvalue weighted by molar-refractivity contribution is 8.14. The van der Waals surface area contributed by atoms with Gasteiger partial charge in [-0.05, 0) is 29.8 Å². The number of carbonyl (C=O) groups is 1. The van der Waals surface area contributed by atoms with E-state index in [1.165, 1.54) is 11.8 Å². The molecule has 1 amide bonds.